The number of benzene rings is 1. The van der Waals surface area contributed by atoms with Crippen LogP contribution in [0.5, 0.6) is 5.75 Å². The third-order valence-electron chi connectivity index (χ3n) is 2.46. The highest BCUT2D eigenvalue weighted by Gasteiger charge is 2.13. The van der Waals surface area contributed by atoms with E-state index in [1.54, 1.807) is 0 Å². The molecule has 0 amide bonds. The molecule has 2 aromatic rings. The number of carbonyl (C=O) groups is 1. The SMILES string of the molecule is COC(=O)c1ccnc(-c2cc(OC)ccc2F)n1. The molecule has 2 rings (SSSR count). The van der Waals surface area contributed by atoms with E-state index in [9.17, 15) is 9.18 Å². The van der Waals surface area contributed by atoms with E-state index in [2.05, 4.69) is 14.7 Å². The highest BCUT2D eigenvalue weighted by atomic mass is 19.1. The molecule has 1 aromatic carbocycles. The summed E-state index contributed by atoms with van der Waals surface area (Å²) in [6, 6.07) is 5.60. The normalized spacial score (nSPS) is 10.1. The summed E-state index contributed by atoms with van der Waals surface area (Å²) in [7, 11) is 2.72. The van der Waals surface area contributed by atoms with Crippen molar-refractivity contribution in [3.8, 4) is 17.1 Å². The van der Waals surface area contributed by atoms with Crippen molar-refractivity contribution in [1.82, 2.24) is 9.97 Å². The monoisotopic (exact) mass is 262 g/mol. The molecule has 0 saturated heterocycles. The van der Waals surface area contributed by atoms with Crippen LogP contribution >= 0.6 is 0 Å². The molecular weight excluding hydrogens is 251 g/mol. The summed E-state index contributed by atoms with van der Waals surface area (Å²) in [5, 5.41) is 0. The summed E-state index contributed by atoms with van der Waals surface area (Å²) in [6.07, 6.45) is 1.37. The summed E-state index contributed by atoms with van der Waals surface area (Å²) >= 11 is 0. The Labute approximate surface area is 109 Å². The van der Waals surface area contributed by atoms with E-state index in [0.717, 1.165) is 0 Å². The Balaban J connectivity index is 2.49. The number of ether oxygens (including phenoxy) is 2. The Kier molecular flexibility index (Phi) is 3.70. The second kappa shape index (κ2) is 5.43. The molecular formula is C13H11FN2O3. The molecule has 0 saturated carbocycles. The molecule has 0 atom stereocenters. The van der Waals surface area contributed by atoms with Crippen LogP contribution in [-0.4, -0.2) is 30.2 Å². The number of hydrogen-bond acceptors (Lipinski definition) is 5. The standard InChI is InChI=1S/C13H11FN2O3/c1-18-8-3-4-10(14)9(7-8)12-15-6-5-11(16-12)13(17)19-2/h3-7H,1-2H3. The molecule has 1 aromatic heterocycles. The first kappa shape index (κ1) is 12.9. The zero-order valence-electron chi connectivity index (χ0n) is 10.4. The van der Waals surface area contributed by atoms with Gasteiger partial charge in [-0.2, -0.15) is 0 Å². The van der Waals surface area contributed by atoms with Gasteiger partial charge in [0.05, 0.1) is 19.8 Å². The fraction of sp³-hybridized carbons (Fsp3) is 0.154. The minimum Gasteiger partial charge on any atom is -0.497 e. The van der Waals surface area contributed by atoms with Crippen LogP contribution < -0.4 is 4.74 Å². The van der Waals surface area contributed by atoms with Gasteiger partial charge in [0.25, 0.3) is 0 Å². The molecule has 6 heteroatoms. The topological polar surface area (TPSA) is 61.3 Å². The smallest absolute Gasteiger partial charge is 0.356 e. The number of aromatic nitrogens is 2. The van der Waals surface area contributed by atoms with Gasteiger partial charge < -0.3 is 9.47 Å². The van der Waals surface area contributed by atoms with Crippen molar-refractivity contribution in [3.05, 3.63) is 42.0 Å². The summed E-state index contributed by atoms with van der Waals surface area (Å²) < 4.78 is 23.3. The molecule has 5 nitrogen and oxygen atoms in total. The average molecular weight is 262 g/mol. The summed E-state index contributed by atoms with van der Waals surface area (Å²) in [5.41, 5.74) is 0.222. The van der Waals surface area contributed by atoms with Gasteiger partial charge in [0, 0.05) is 6.20 Å². The maximum absolute atomic E-state index is 13.8. The Morgan fingerprint density at radius 2 is 2.05 bits per heavy atom. The van der Waals surface area contributed by atoms with Crippen molar-refractivity contribution in [1.29, 1.82) is 0 Å². The molecule has 98 valence electrons. The third-order valence-corrected chi connectivity index (χ3v) is 2.46. The number of nitrogens with zero attached hydrogens (tertiary/aromatic N) is 2. The molecule has 0 aliphatic carbocycles. The third kappa shape index (κ3) is 2.67. The molecule has 0 fully saturated rings. The Bertz CT molecular complexity index is 617. The Morgan fingerprint density at radius 1 is 1.26 bits per heavy atom. The van der Waals surface area contributed by atoms with Gasteiger partial charge in [-0.15, -0.1) is 0 Å². The van der Waals surface area contributed by atoms with E-state index in [1.165, 1.54) is 44.7 Å². The fourth-order valence-corrected chi connectivity index (χ4v) is 1.51. The molecule has 0 spiro atoms. The number of methoxy groups -OCH3 is 2. The molecule has 1 heterocycles. The maximum Gasteiger partial charge on any atom is 0.356 e. The largest absolute Gasteiger partial charge is 0.497 e. The average Bonchev–Trinajstić information content (AvgIpc) is 2.47. The zero-order valence-corrected chi connectivity index (χ0v) is 10.4. The van der Waals surface area contributed by atoms with E-state index in [0.29, 0.717) is 5.75 Å². The first-order valence-electron chi connectivity index (χ1n) is 5.41. The van der Waals surface area contributed by atoms with Gasteiger partial charge >= 0.3 is 5.97 Å². The number of esters is 1. The Morgan fingerprint density at radius 3 is 2.74 bits per heavy atom. The summed E-state index contributed by atoms with van der Waals surface area (Å²) in [4.78, 5) is 19.3. The molecule has 0 bridgehead atoms. The van der Waals surface area contributed by atoms with Crippen LogP contribution in [0.15, 0.2) is 30.5 Å². The predicted molar refractivity (Wildman–Crippen MR) is 65.3 cm³/mol. The lowest BCUT2D eigenvalue weighted by Gasteiger charge is -2.06. The zero-order chi connectivity index (χ0) is 13.8. The predicted octanol–water partition coefficient (Wildman–Crippen LogP) is 2.08. The molecule has 0 N–H and O–H groups in total. The lowest BCUT2D eigenvalue weighted by atomic mass is 10.2. The van der Waals surface area contributed by atoms with E-state index in [4.69, 9.17) is 4.74 Å². The van der Waals surface area contributed by atoms with Crippen molar-refractivity contribution in [3.63, 3.8) is 0 Å². The van der Waals surface area contributed by atoms with E-state index in [-0.39, 0.29) is 17.1 Å². The van der Waals surface area contributed by atoms with Crippen LogP contribution in [0.1, 0.15) is 10.5 Å². The van der Waals surface area contributed by atoms with E-state index < -0.39 is 11.8 Å². The molecule has 0 aliphatic heterocycles. The lowest BCUT2D eigenvalue weighted by molar-refractivity contribution is 0.0594. The van der Waals surface area contributed by atoms with Crippen molar-refractivity contribution >= 4 is 5.97 Å². The van der Waals surface area contributed by atoms with Crippen LogP contribution in [0.25, 0.3) is 11.4 Å². The van der Waals surface area contributed by atoms with Crippen LogP contribution in [0.2, 0.25) is 0 Å². The maximum atomic E-state index is 13.8. The minimum atomic E-state index is -0.605. The van der Waals surface area contributed by atoms with E-state index >= 15 is 0 Å². The highest BCUT2D eigenvalue weighted by molar-refractivity contribution is 5.87. The van der Waals surface area contributed by atoms with Gasteiger partial charge in [0.15, 0.2) is 11.5 Å². The van der Waals surface area contributed by atoms with Gasteiger partial charge in [-0.1, -0.05) is 0 Å². The van der Waals surface area contributed by atoms with Gasteiger partial charge in [0.2, 0.25) is 0 Å². The summed E-state index contributed by atoms with van der Waals surface area (Å²) in [6.45, 7) is 0. The number of rotatable bonds is 3. The molecule has 0 aliphatic rings. The van der Waals surface area contributed by atoms with Crippen molar-refractivity contribution < 1.29 is 18.7 Å². The highest BCUT2D eigenvalue weighted by Crippen LogP contribution is 2.24. The fourth-order valence-electron chi connectivity index (χ4n) is 1.51. The number of hydrogen-bond donors (Lipinski definition) is 0. The summed E-state index contributed by atoms with van der Waals surface area (Å²) in [5.74, 6) is -0.530. The van der Waals surface area contributed by atoms with Gasteiger partial charge in [-0.3, -0.25) is 0 Å². The molecule has 0 radical (unpaired) electrons. The van der Waals surface area contributed by atoms with Crippen molar-refractivity contribution in [2.45, 2.75) is 0 Å². The van der Waals surface area contributed by atoms with Gasteiger partial charge in [0.1, 0.15) is 11.6 Å². The second-order valence-corrected chi connectivity index (χ2v) is 3.60. The number of carbonyl (C=O) groups excluding carboxylic acids is 1. The first-order valence-corrected chi connectivity index (χ1v) is 5.41. The Hall–Kier alpha value is -2.50. The van der Waals surface area contributed by atoms with Crippen molar-refractivity contribution in [2.24, 2.45) is 0 Å². The minimum absolute atomic E-state index is 0.0646. The van der Waals surface area contributed by atoms with Gasteiger partial charge in [-0.05, 0) is 24.3 Å². The second-order valence-electron chi connectivity index (χ2n) is 3.60. The van der Waals surface area contributed by atoms with Crippen LogP contribution in [0.3, 0.4) is 0 Å². The van der Waals surface area contributed by atoms with Crippen LogP contribution in [0.4, 0.5) is 4.39 Å². The van der Waals surface area contributed by atoms with Crippen molar-refractivity contribution in [2.75, 3.05) is 14.2 Å². The van der Waals surface area contributed by atoms with Crippen LogP contribution in [0, 0.1) is 5.82 Å². The quantitative estimate of drug-likeness (QED) is 0.792. The lowest BCUT2D eigenvalue weighted by Crippen LogP contribution is -2.06. The number of halogens is 1. The molecule has 19 heavy (non-hydrogen) atoms. The first-order chi connectivity index (χ1) is 9.15. The van der Waals surface area contributed by atoms with Gasteiger partial charge in [-0.25, -0.2) is 19.2 Å². The van der Waals surface area contributed by atoms with E-state index in [1.807, 2.05) is 0 Å². The van der Waals surface area contributed by atoms with Crippen LogP contribution in [-0.2, 0) is 4.74 Å². The molecule has 0 unspecified atom stereocenters.